The number of hydrogen-bond donors (Lipinski definition) is 2. The van der Waals surface area contributed by atoms with Crippen LogP contribution in [0.15, 0.2) is 42.5 Å². The van der Waals surface area contributed by atoms with Gasteiger partial charge in [0.15, 0.2) is 0 Å². The lowest BCUT2D eigenvalue weighted by atomic mass is 9.32. The van der Waals surface area contributed by atoms with Gasteiger partial charge in [0.1, 0.15) is 12.7 Å². The summed E-state index contributed by atoms with van der Waals surface area (Å²) in [6.45, 7) is 26.7. The van der Waals surface area contributed by atoms with E-state index in [9.17, 15) is 24.3 Å². The Kier molecular flexibility index (Phi) is 10.7. The fraction of sp³-hybridized carbons (Fsp3) is 0.760. The molecule has 0 radical (unpaired) electrons. The summed E-state index contributed by atoms with van der Waals surface area (Å²) in [6.07, 6.45) is 10.2. The molecule has 0 bridgehead atoms. The molecule has 8 heteroatoms. The van der Waals surface area contributed by atoms with E-state index >= 15 is 0 Å². The standard InChI is InChI=1S/C50H73NO7/c1-30(2)32-19-24-50(42(54)51-37-27-34(45(37,5)6)41(53)57-29-31-15-13-12-14-16-31)26-25-48(10)33(40(32)50)17-18-36-47(9)22-21-38(58-39(52)28-44(3,4)43(55)56)46(7,8)35(47)20-23-49(36,48)11/h12-16,32-38,40H,1,17-29H2,2-11H3,(H,51,54)(H,55,56). The number of fused-ring (bicyclic) bond motifs is 7. The van der Waals surface area contributed by atoms with Gasteiger partial charge in [-0.1, -0.05) is 91.0 Å². The maximum Gasteiger partial charge on any atom is 0.309 e. The molecule has 6 fully saturated rings. The van der Waals surface area contributed by atoms with Gasteiger partial charge in [-0.25, -0.2) is 0 Å². The van der Waals surface area contributed by atoms with Gasteiger partial charge in [-0.05, 0) is 148 Å². The molecule has 0 saturated heterocycles. The number of amides is 1. The first-order valence-electron chi connectivity index (χ1n) is 22.6. The molecular formula is C50H73NO7. The van der Waals surface area contributed by atoms with Crippen LogP contribution in [0.25, 0.3) is 0 Å². The van der Waals surface area contributed by atoms with E-state index in [-0.39, 0.29) is 70.5 Å². The lowest BCUT2D eigenvalue weighted by Gasteiger charge is -2.73. The Morgan fingerprint density at radius 3 is 2.16 bits per heavy atom. The quantitative estimate of drug-likeness (QED) is 0.179. The van der Waals surface area contributed by atoms with Gasteiger partial charge in [0.2, 0.25) is 5.91 Å². The molecular weight excluding hydrogens is 727 g/mol. The molecule has 8 nitrogen and oxygen atoms in total. The van der Waals surface area contributed by atoms with Gasteiger partial charge in [0, 0.05) is 11.5 Å². The average molecular weight is 800 g/mol. The van der Waals surface area contributed by atoms with Gasteiger partial charge in [-0.15, -0.1) is 0 Å². The second-order valence-electron chi connectivity index (χ2n) is 22.8. The third kappa shape index (κ3) is 6.50. The van der Waals surface area contributed by atoms with Crippen molar-refractivity contribution in [2.45, 2.75) is 165 Å². The summed E-state index contributed by atoms with van der Waals surface area (Å²) >= 11 is 0. The Morgan fingerprint density at radius 2 is 1.52 bits per heavy atom. The van der Waals surface area contributed by atoms with E-state index in [0.717, 1.165) is 69.8 Å². The molecule has 0 aromatic heterocycles. The Hall–Kier alpha value is -3.16. The van der Waals surface area contributed by atoms with Gasteiger partial charge < -0.3 is 19.9 Å². The van der Waals surface area contributed by atoms with Crippen molar-refractivity contribution in [3.63, 3.8) is 0 Å². The topological polar surface area (TPSA) is 119 Å². The summed E-state index contributed by atoms with van der Waals surface area (Å²) < 4.78 is 12.0. The normalized spacial score (nSPS) is 40.9. The molecule has 58 heavy (non-hydrogen) atoms. The number of nitrogens with one attached hydrogen (secondary N) is 1. The summed E-state index contributed by atoms with van der Waals surface area (Å²) in [5.41, 5.74) is 0.184. The van der Waals surface area contributed by atoms with E-state index in [1.54, 1.807) is 13.8 Å². The van der Waals surface area contributed by atoms with Gasteiger partial charge in [-0.3, -0.25) is 19.2 Å². The molecule has 320 valence electrons. The van der Waals surface area contributed by atoms with Crippen LogP contribution in [-0.2, 0) is 35.3 Å². The number of rotatable bonds is 10. The molecule has 0 heterocycles. The summed E-state index contributed by atoms with van der Waals surface area (Å²) in [5, 5.41) is 13.2. The molecule has 1 aromatic carbocycles. The zero-order valence-electron chi connectivity index (χ0n) is 37.3. The first-order valence-corrected chi connectivity index (χ1v) is 22.6. The minimum Gasteiger partial charge on any atom is -0.481 e. The fourth-order valence-electron chi connectivity index (χ4n) is 15.1. The Bertz CT molecular complexity index is 1820. The van der Waals surface area contributed by atoms with Crippen molar-refractivity contribution >= 4 is 23.8 Å². The number of benzene rings is 1. The van der Waals surface area contributed by atoms with Gasteiger partial charge >= 0.3 is 17.9 Å². The fourth-order valence-corrected chi connectivity index (χ4v) is 15.1. The lowest BCUT2D eigenvalue weighted by molar-refractivity contribution is -0.249. The number of aliphatic carboxylic acids is 1. The highest BCUT2D eigenvalue weighted by molar-refractivity contribution is 5.85. The second kappa shape index (κ2) is 14.5. The van der Waals surface area contributed by atoms with Crippen molar-refractivity contribution < 1.29 is 33.8 Å². The predicted molar refractivity (Wildman–Crippen MR) is 225 cm³/mol. The number of ether oxygens (including phenoxy) is 2. The lowest BCUT2D eigenvalue weighted by Crippen LogP contribution is -2.68. The zero-order chi connectivity index (χ0) is 42.4. The maximum atomic E-state index is 15.0. The molecule has 6 aliphatic rings. The van der Waals surface area contributed by atoms with E-state index in [1.807, 2.05) is 30.3 Å². The highest BCUT2D eigenvalue weighted by Crippen LogP contribution is 2.77. The molecule has 1 amide bonds. The number of carbonyl (C=O) groups excluding carboxylic acids is 3. The van der Waals surface area contributed by atoms with Crippen LogP contribution in [0.1, 0.15) is 152 Å². The largest absolute Gasteiger partial charge is 0.481 e. The van der Waals surface area contributed by atoms with E-state index < -0.39 is 28.2 Å². The zero-order valence-corrected chi connectivity index (χ0v) is 37.3. The highest BCUT2D eigenvalue weighted by atomic mass is 16.5. The number of carbonyl (C=O) groups is 4. The first kappa shape index (κ1) is 42.9. The van der Waals surface area contributed by atoms with Gasteiger partial charge in [-0.2, -0.15) is 0 Å². The summed E-state index contributed by atoms with van der Waals surface area (Å²) in [7, 11) is 0. The minimum atomic E-state index is -1.17. The molecule has 12 atom stereocenters. The molecule has 6 aliphatic carbocycles. The van der Waals surface area contributed by atoms with E-state index in [4.69, 9.17) is 9.47 Å². The van der Waals surface area contributed by atoms with Crippen LogP contribution in [0, 0.1) is 73.4 Å². The minimum absolute atomic E-state index is 0.0651. The molecule has 12 unspecified atom stereocenters. The van der Waals surface area contributed by atoms with E-state index in [2.05, 4.69) is 67.3 Å². The van der Waals surface area contributed by atoms with Crippen molar-refractivity contribution in [1.82, 2.24) is 5.32 Å². The van der Waals surface area contributed by atoms with Crippen LogP contribution in [0.4, 0.5) is 0 Å². The van der Waals surface area contributed by atoms with Crippen molar-refractivity contribution in [3.8, 4) is 0 Å². The van der Waals surface area contributed by atoms with Crippen molar-refractivity contribution in [2.75, 3.05) is 0 Å². The monoisotopic (exact) mass is 800 g/mol. The molecule has 0 aliphatic heterocycles. The number of allylic oxidation sites excluding steroid dienone is 1. The summed E-state index contributed by atoms with van der Waals surface area (Å²) in [6, 6.07) is 9.71. The van der Waals surface area contributed by atoms with Crippen LogP contribution in [0.5, 0.6) is 0 Å². The molecule has 6 saturated carbocycles. The third-order valence-electron chi connectivity index (χ3n) is 19.0. The first-order chi connectivity index (χ1) is 27.0. The van der Waals surface area contributed by atoms with E-state index in [0.29, 0.717) is 30.1 Å². The second-order valence-corrected chi connectivity index (χ2v) is 22.8. The number of hydrogen-bond acceptors (Lipinski definition) is 6. The van der Waals surface area contributed by atoms with Crippen LogP contribution in [0.3, 0.4) is 0 Å². The Labute approximate surface area is 348 Å². The Balaban J connectivity index is 1.08. The van der Waals surface area contributed by atoms with Crippen LogP contribution in [-0.4, -0.2) is 41.1 Å². The van der Waals surface area contributed by atoms with Crippen LogP contribution in [0.2, 0.25) is 0 Å². The Morgan fingerprint density at radius 1 is 0.828 bits per heavy atom. The van der Waals surface area contributed by atoms with Crippen LogP contribution >= 0.6 is 0 Å². The number of carboxylic acid groups (broad SMARTS) is 1. The molecule has 2 N–H and O–H groups in total. The number of esters is 2. The van der Waals surface area contributed by atoms with Gasteiger partial charge in [0.05, 0.1) is 23.2 Å². The van der Waals surface area contributed by atoms with Crippen molar-refractivity contribution in [3.05, 3.63) is 48.0 Å². The highest BCUT2D eigenvalue weighted by Gasteiger charge is 2.72. The average Bonchev–Trinajstić information content (AvgIpc) is 3.55. The SMILES string of the molecule is C=C(C)C1CCC2(C(=O)NC3CC(C(=O)OCc4ccccc4)C3(C)C)CCC3(C)C(CCC4C5(C)CCC(OC(=O)CC(C)(C)C(=O)O)C(C)(C)C5CCC43C)C12. The predicted octanol–water partition coefficient (Wildman–Crippen LogP) is 10.3. The molecule has 1 aromatic rings. The molecule has 0 spiro atoms. The molecule has 7 rings (SSSR count). The van der Waals surface area contributed by atoms with Crippen LogP contribution < -0.4 is 5.32 Å². The smallest absolute Gasteiger partial charge is 0.309 e. The van der Waals surface area contributed by atoms with Gasteiger partial charge in [0.25, 0.3) is 0 Å². The number of carboxylic acids is 1. The maximum absolute atomic E-state index is 15.0. The van der Waals surface area contributed by atoms with E-state index in [1.165, 1.54) is 5.57 Å². The third-order valence-corrected chi connectivity index (χ3v) is 19.0. The van der Waals surface area contributed by atoms with Crippen molar-refractivity contribution in [2.24, 2.45) is 73.4 Å². The summed E-state index contributed by atoms with van der Waals surface area (Å²) in [5.74, 6) is 0.222. The summed E-state index contributed by atoms with van der Waals surface area (Å²) in [4.78, 5) is 53.2. The van der Waals surface area contributed by atoms with Crippen molar-refractivity contribution in [1.29, 1.82) is 0 Å².